The summed E-state index contributed by atoms with van der Waals surface area (Å²) in [5.41, 5.74) is 0. The number of hydrogen-bond acceptors (Lipinski definition) is 3. The third-order valence-electron chi connectivity index (χ3n) is 4.25. The fraction of sp³-hybridized carbons (Fsp3) is 1.00. The molecule has 2 bridgehead atoms. The highest BCUT2D eigenvalue weighted by atomic mass is 16.5. The number of ether oxygens (including phenoxy) is 1. The molecule has 3 atom stereocenters. The van der Waals surface area contributed by atoms with Crippen molar-refractivity contribution in [3.63, 3.8) is 0 Å². The fourth-order valence-electron chi connectivity index (χ4n) is 3.40. The summed E-state index contributed by atoms with van der Waals surface area (Å²) in [5, 5.41) is 3.62. The van der Waals surface area contributed by atoms with Crippen LogP contribution in [-0.2, 0) is 4.74 Å². The van der Waals surface area contributed by atoms with Crippen LogP contribution >= 0.6 is 0 Å². The van der Waals surface area contributed by atoms with Crippen LogP contribution in [0.4, 0.5) is 0 Å². The normalized spacial score (nSPS) is 36.6. The maximum Gasteiger partial charge on any atom is 0.0670 e. The van der Waals surface area contributed by atoms with E-state index >= 15 is 0 Å². The van der Waals surface area contributed by atoms with E-state index in [1.807, 2.05) is 7.11 Å². The van der Waals surface area contributed by atoms with Crippen molar-refractivity contribution in [2.45, 2.75) is 63.8 Å². The average Bonchev–Trinajstić information content (AvgIpc) is 2.52. The number of nitrogens with zero attached hydrogens (tertiary/aromatic N) is 1. The van der Waals surface area contributed by atoms with Crippen molar-refractivity contribution in [2.75, 3.05) is 20.2 Å². The number of rotatable bonds is 5. The molecule has 0 amide bonds. The molecule has 2 aliphatic rings. The van der Waals surface area contributed by atoms with Crippen molar-refractivity contribution in [3.05, 3.63) is 0 Å². The zero-order valence-electron chi connectivity index (χ0n) is 10.9. The molecule has 2 aliphatic heterocycles. The molecule has 3 heteroatoms. The van der Waals surface area contributed by atoms with Gasteiger partial charge in [0.15, 0.2) is 0 Å². The van der Waals surface area contributed by atoms with Crippen molar-refractivity contribution >= 4 is 0 Å². The Hall–Kier alpha value is -0.120. The van der Waals surface area contributed by atoms with Gasteiger partial charge in [-0.3, -0.25) is 4.90 Å². The van der Waals surface area contributed by atoms with Crippen LogP contribution < -0.4 is 5.32 Å². The van der Waals surface area contributed by atoms with Gasteiger partial charge in [-0.2, -0.15) is 0 Å². The van der Waals surface area contributed by atoms with E-state index in [0.29, 0.717) is 6.10 Å². The summed E-state index contributed by atoms with van der Waals surface area (Å²) < 4.78 is 5.39. The summed E-state index contributed by atoms with van der Waals surface area (Å²) in [5.74, 6) is 0. The van der Waals surface area contributed by atoms with E-state index in [-0.39, 0.29) is 0 Å². The second-order valence-corrected chi connectivity index (χ2v) is 5.35. The summed E-state index contributed by atoms with van der Waals surface area (Å²) in [6.07, 6.45) is 5.83. The van der Waals surface area contributed by atoms with Gasteiger partial charge in [0.1, 0.15) is 0 Å². The van der Waals surface area contributed by atoms with Gasteiger partial charge in [-0.05, 0) is 39.2 Å². The van der Waals surface area contributed by atoms with Gasteiger partial charge in [-0.1, -0.05) is 6.92 Å². The van der Waals surface area contributed by atoms with Crippen molar-refractivity contribution in [1.82, 2.24) is 10.2 Å². The molecule has 0 radical (unpaired) electrons. The van der Waals surface area contributed by atoms with E-state index in [0.717, 1.165) is 31.2 Å². The standard InChI is InChI=1S/C13H26N2O/c1-4-14-11-7-12-5-6-13(8-11)15(12)9-10(2)16-3/h10-14H,4-9H2,1-3H3. The van der Waals surface area contributed by atoms with Gasteiger partial charge in [0.05, 0.1) is 6.10 Å². The monoisotopic (exact) mass is 226 g/mol. The second-order valence-electron chi connectivity index (χ2n) is 5.35. The molecule has 94 valence electrons. The van der Waals surface area contributed by atoms with Gasteiger partial charge in [0.25, 0.3) is 0 Å². The first kappa shape index (κ1) is 12.3. The largest absolute Gasteiger partial charge is 0.380 e. The lowest BCUT2D eigenvalue weighted by Gasteiger charge is -2.40. The molecule has 2 heterocycles. The maximum atomic E-state index is 5.39. The molecule has 2 rings (SSSR count). The van der Waals surface area contributed by atoms with Gasteiger partial charge < -0.3 is 10.1 Å². The predicted octanol–water partition coefficient (Wildman–Crippen LogP) is 1.63. The molecule has 2 fully saturated rings. The number of methoxy groups -OCH3 is 1. The summed E-state index contributed by atoms with van der Waals surface area (Å²) in [6.45, 7) is 6.61. The van der Waals surface area contributed by atoms with Gasteiger partial charge in [0.2, 0.25) is 0 Å². The minimum absolute atomic E-state index is 0.374. The molecule has 0 aromatic rings. The van der Waals surface area contributed by atoms with Crippen LogP contribution in [0, 0.1) is 0 Å². The third kappa shape index (κ3) is 2.58. The zero-order valence-corrected chi connectivity index (χ0v) is 10.9. The lowest BCUT2D eigenvalue weighted by molar-refractivity contribution is 0.0354. The Kier molecular flexibility index (Phi) is 4.22. The quantitative estimate of drug-likeness (QED) is 0.771. The van der Waals surface area contributed by atoms with Crippen LogP contribution in [0.1, 0.15) is 39.5 Å². The number of nitrogens with one attached hydrogen (secondary N) is 1. The Morgan fingerprint density at radius 1 is 1.31 bits per heavy atom. The molecule has 2 saturated heterocycles. The molecule has 3 nitrogen and oxygen atoms in total. The number of piperidine rings is 1. The van der Waals surface area contributed by atoms with E-state index in [2.05, 4.69) is 24.1 Å². The molecule has 0 aliphatic carbocycles. The van der Waals surface area contributed by atoms with Gasteiger partial charge in [-0.15, -0.1) is 0 Å². The van der Waals surface area contributed by atoms with Crippen LogP contribution in [0.25, 0.3) is 0 Å². The molecular weight excluding hydrogens is 200 g/mol. The van der Waals surface area contributed by atoms with Crippen LogP contribution in [0.3, 0.4) is 0 Å². The lowest BCUT2D eigenvalue weighted by Crippen LogP contribution is -2.51. The van der Waals surface area contributed by atoms with Crippen LogP contribution in [-0.4, -0.2) is 49.3 Å². The van der Waals surface area contributed by atoms with Crippen molar-refractivity contribution in [1.29, 1.82) is 0 Å². The highest BCUT2D eigenvalue weighted by molar-refractivity contribution is 4.97. The fourth-order valence-corrected chi connectivity index (χ4v) is 3.40. The third-order valence-corrected chi connectivity index (χ3v) is 4.25. The van der Waals surface area contributed by atoms with Crippen molar-refractivity contribution in [3.8, 4) is 0 Å². The minimum atomic E-state index is 0.374. The molecule has 3 unspecified atom stereocenters. The first-order valence-corrected chi connectivity index (χ1v) is 6.76. The minimum Gasteiger partial charge on any atom is -0.380 e. The summed E-state index contributed by atoms with van der Waals surface area (Å²) in [7, 11) is 1.82. The Morgan fingerprint density at radius 2 is 1.94 bits per heavy atom. The molecule has 0 saturated carbocycles. The molecular formula is C13H26N2O. The SMILES string of the molecule is CCNC1CC2CCC(C1)N2CC(C)OC. The van der Waals surface area contributed by atoms with Gasteiger partial charge >= 0.3 is 0 Å². The van der Waals surface area contributed by atoms with Gasteiger partial charge in [-0.25, -0.2) is 0 Å². The van der Waals surface area contributed by atoms with E-state index in [9.17, 15) is 0 Å². The smallest absolute Gasteiger partial charge is 0.0670 e. The summed E-state index contributed by atoms with van der Waals surface area (Å²) in [6, 6.07) is 2.37. The van der Waals surface area contributed by atoms with E-state index in [1.165, 1.54) is 25.7 Å². The van der Waals surface area contributed by atoms with Crippen LogP contribution in [0.15, 0.2) is 0 Å². The average molecular weight is 226 g/mol. The Labute approximate surface area is 99.5 Å². The van der Waals surface area contributed by atoms with E-state index in [1.54, 1.807) is 0 Å². The van der Waals surface area contributed by atoms with Crippen LogP contribution in [0.2, 0.25) is 0 Å². The molecule has 16 heavy (non-hydrogen) atoms. The number of fused-ring (bicyclic) bond motifs is 2. The molecule has 0 aromatic carbocycles. The van der Waals surface area contributed by atoms with Crippen molar-refractivity contribution < 1.29 is 4.74 Å². The Bertz CT molecular complexity index is 208. The Balaban J connectivity index is 1.89. The predicted molar refractivity (Wildman–Crippen MR) is 66.7 cm³/mol. The van der Waals surface area contributed by atoms with E-state index in [4.69, 9.17) is 4.74 Å². The second kappa shape index (κ2) is 5.48. The first-order valence-electron chi connectivity index (χ1n) is 6.76. The maximum absolute atomic E-state index is 5.39. The molecule has 0 aromatic heterocycles. The molecule has 1 N–H and O–H groups in total. The first-order chi connectivity index (χ1) is 7.74. The zero-order chi connectivity index (χ0) is 11.5. The molecule has 0 spiro atoms. The highest BCUT2D eigenvalue weighted by Crippen LogP contribution is 2.35. The van der Waals surface area contributed by atoms with Gasteiger partial charge in [0, 0.05) is 31.8 Å². The highest BCUT2D eigenvalue weighted by Gasteiger charge is 2.40. The number of hydrogen-bond donors (Lipinski definition) is 1. The van der Waals surface area contributed by atoms with E-state index < -0.39 is 0 Å². The Morgan fingerprint density at radius 3 is 2.44 bits per heavy atom. The summed E-state index contributed by atoms with van der Waals surface area (Å²) >= 11 is 0. The topological polar surface area (TPSA) is 24.5 Å². The van der Waals surface area contributed by atoms with Crippen molar-refractivity contribution in [2.24, 2.45) is 0 Å². The summed E-state index contributed by atoms with van der Waals surface area (Å²) in [4.78, 5) is 2.70. The van der Waals surface area contributed by atoms with Crippen LogP contribution in [0.5, 0.6) is 0 Å². The lowest BCUT2D eigenvalue weighted by atomic mass is 9.97.